The quantitative estimate of drug-likeness (QED) is 0.859. The Labute approximate surface area is 124 Å². The molecule has 3 heteroatoms. The molecule has 1 atom stereocenters. The Morgan fingerprint density at radius 2 is 1.75 bits per heavy atom. The molecule has 0 aromatic carbocycles. The summed E-state index contributed by atoms with van der Waals surface area (Å²) in [6, 6.07) is 0.403. The predicted octanol–water partition coefficient (Wildman–Crippen LogP) is 3.40. The zero-order valence-electron chi connectivity index (χ0n) is 14.1. The van der Waals surface area contributed by atoms with Crippen LogP contribution in [0.25, 0.3) is 0 Å². The lowest BCUT2D eigenvalue weighted by molar-refractivity contribution is -0.133. The van der Waals surface area contributed by atoms with E-state index in [1.165, 1.54) is 6.42 Å². The minimum Gasteiger partial charge on any atom is -0.323 e. The van der Waals surface area contributed by atoms with Gasteiger partial charge in [0.25, 0.3) is 0 Å². The number of nitrogens with one attached hydrogen (secondary N) is 1. The summed E-state index contributed by atoms with van der Waals surface area (Å²) in [5.41, 5.74) is 0.662. The van der Waals surface area contributed by atoms with E-state index in [0.717, 1.165) is 19.3 Å². The van der Waals surface area contributed by atoms with Crippen LogP contribution in [-0.2, 0) is 4.79 Å². The standard InChI is InChI=1S/C17H32N2O/c1-12(2)7-14-18-10-15(20)19(14)13-8-16(3,4)11-17(5,6)9-13/h12-14,18H,7-11H2,1-6H3. The number of carbonyl (C=O) groups is 1. The fourth-order valence-corrected chi connectivity index (χ4v) is 4.65. The Morgan fingerprint density at radius 1 is 1.20 bits per heavy atom. The van der Waals surface area contributed by atoms with Gasteiger partial charge in [-0.1, -0.05) is 41.5 Å². The molecule has 1 aliphatic heterocycles. The van der Waals surface area contributed by atoms with Gasteiger partial charge in [0, 0.05) is 6.04 Å². The minimum atomic E-state index is 0.247. The Morgan fingerprint density at radius 3 is 2.25 bits per heavy atom. The number of nitrogens with zero attached hydrogens (tertiary/aromatic N) is 1. The molecule has 0 aromatic rings. The molecule has 0 spiro atoms. The van der Waals surface area contributed by atoms with Gasteiger partial charge in [-0.15, -0.1) is 0 Å². The first kappa shape index (κ1) is 15.8. The molecular weight excluding hydrogens is 248 g/mol. The lowest BCUT2D eigenvalue weighted by Gasteiger charge is -2.49. The van der Waals surface area contributed by atoms with Gasteiger partial charge in [0.2, 0.25) is 5.91 Å². The van der Waals surface area contributed by atoms with Crippen LogP contribution in [0.3, 0.4) is 0 Å². The maximum absolute atomic E-state index is 12.4. The second-order valence-corrected chi connectivity index (χ2v) is 8.89. The molecule has 1 unspecified atom stereocenters. The molecule has 2 rings (SSSR count). The Bertz CT molecular complexity index is 357. The number of rotatable bonds is 3. The average Bonchev–Trinajstić information content (AvgIpc) is 2.53. The first-order chi connectivity index (χ1) is 9.10. The van der Waals surface area contributed by atoms with Crippen molar-refractivity contribution >= 4 is 5.91 Å². The van der Waals surface area contributed by atoms with Gasteiger partial charge >= 0.3 is 0 Å². The minimum absolute atomic E-state index is 0.247. The van der Waals surface area contributed by atoms with Crippen LogP contribution in [0, 0.1) is 16.7 Å². The first-order valence-corrected chi connectivity index (χ1v) is 8.14. The molecule has 116 valence electrons. The Hall–Kier alpha value is -0.570. The number of hydrogen-bond donors (Lipinski definition) is 1. The lowest BCUT2D eigenvalue weighted by atomic mass is 9.63. The second kappa shape index (κ2) is 5.32. The van der Waals surface area contributed by atoms with E-state index in [0.29, 0.717) is 35.2 Å². The summed E-state index contributed by atoms with van der Waals surface area (Å²) in [6.07, 6.45) is 4.83. The molecule has 1 saturated heterocycles. The summed E-state index contributed by atoms with van der Waals surface area (Å²) in [5.74, 6) is 0.916. The summed E-state index contributed by atoms with van der Waals surface area (Å²) < 4.78 is 0. The van der Waals surface area contributed by atoms with Gasteiger partial charge in [-0.25, -0.2) is 0 Å². The van der Waals surface area contributed by atoms with Crippen LogP contribution in [0.15, 0.2) is 0 Å². The number of hydrogen-bond acceptors (Lipinski definition) is 2. The van der Waals surface area contributed by atoms with Gasteiger partial charge in [0.05, 0.1) is 12.7 Å². The van der Waals surface area contributed by atoms with Gasteiger partial charge < -0.3 is 4.90 Å². The Balaban J connectivity index is 2.17. The SMILES string of the molecule is CC(C)CC1NCC(=O)N1C1CC(C)(C)CC(C)(C)C1. The summed E-state index contributed by atoms with van der Waals surface area (Å²) in [6.45, 7) is 14.4. The van der Waals surface area contributed by atoms with E-state index in [-0.39, 0.29) is 6.17 Å². The molecule has 2 aliphatic rings. The van der Waals surface area contributed by atoms with Crippen molar-refractivity contribution in [1.82, 2.24) is 10.2 Å². The van der Waals surface area contributed by atoms with E-state index >= 15 is 0 Å². The predicted molar refractivity (Wildman–Crippen MR) is 83.3 cm³/mol. The van der Waals surface area contributed by atoms with Crippen molar-refractivity contribution < 1.29 is 4.79 Å². The average molecular weight is 280 g/mol. The van der Waals surface area contributed by atoms with Crippen LogP contribution in [0.1, 0.15) is 67.2 Å². The zero-order chi connectivity index (χ0) is 15.1. The zero-order valence-corrected chi connectivity index (χ0v) is 14.1. The van der Waals surface area contributed by atoms with E-state index < -0.39 is 0 Å². The monoisotopic (exact) mass is 280 g/mol. The van der Waals surface area contributed by atoms with Crippen molar-refractivity contribution in [3.63, 3.8) is 0 Å². The topological polar surface area (TPSA) is 32.3 Å². The van der Waals surface area contributed by atoms with Gasteiger partial charge in [-0.2, -0.15) is 0 Å². The van der Waals surface area contributed by atoms with Crippen molar-refractivity contribution in [2.24, 2.45) is 16.7 Å². The van der Waals surface area contributed by atoms with Gasteiger partial charge in [0.1, 0.15) is 0 Å². The van der Waals surface area contributed by atoms with Gasteiger partial charge in [-0.3, -0.25) is 10.1 Å². The highest BCUT2D eigenvalue weighted by Gasteiger charge is 2.45. The van der Waals surface area contributed by atoms with E-state index in [4.69, 9.17) is 0 Å². The normalized spacial score (nSPS) is 30.2. The van der Waals surface area contributed by atoms with Crippen LogP contribution >= 0.6 is 0 Å². The highest BCUT2D eigenvalue weighted by atomic mass is 16.2. The summed E-state index contributed by atoms with van der Waals surface area (Å²) >= 11 is 0. The highest BCUT2D eigenvalue weighted by Crippen LogP contribution is 2.47. The van der Waals surface area contributed by atoms with Gasteiger partial charge in [-0.05, 0) is 42.4 Å². The van der Waals surface area contributed by atoms with Crippen LogP contribution in [0.2, 0.25) is 0 Å². The van der Waals surface area contributed by atoms with Crippen LogP contribution < -0.4 is 5.32 Å². The maximum Gasteiger partial charge on any atom is 0.238 e. The second-order valence-electron chi connectivity index (χ2n) is 8.89. The summed E-state index contributed by atoms with van der Waals surface area (Å²) in [4.78, 5) is 14.5. The Kier molecular flexibility index (Phi) is 4.21. The molecule has 3 nitrogen and oxygen atoms in total. The largest absolute Gasteiger partial charge is 0.323 e. The number of amides is 1. The highest BCUT2D eigenvalue weighted by molar-refractivity contribution is 5.81. The molecule has 1 heterocycles. The smallest absolute Gasteiger partial charge is 0.238 e. The van der Waals surface area contributed by atoms with E-state index in [1.54, 1.807) is 0 Å². The van der Waals surface area contributed by atoms with Gasteiger partial charge in [0.15, 0.2) is 0 Å². The van der Waals surface area contributed by atoms with E-state index in [9.17, 15) is 4.79 Å². The molecule has 1 N–H and O–H groups in total. The van der Waals surface area contributed by atoms with Crippen molar-refractivity contribution in [3.05, 3.63) is 0 Å². The summed E-state index contributed by atoms with van der Waals surface area (Å²) in [7, 11) is 0. The van der Waals surface area contributed by atoms with Crippen molar-refractivity contribution in [3.8, 4) is 0 Å². The molecule has 20 heavy (non-hydrogen) atoms. The van der Waals surface area contributed by atoms with Crippen LogP contribution in [0.4, 0.5) is 0 Å². The molecule has 1 aliphatic carbocycles. The fraction of sp³-hybridized carbons (Fsp3) is 0.941. The third kappa shape index (κ3) is 3.55. The first-order valence-electron chi connectivity index (χ1n) is 8.14. The van der Waals surface area contributed by atoms with Crippen molar-refractivity contribution in [1.29, 1.82) is 0 Å². The van der Waals surface area contributed by atoms with Crippen molar-refractivity contribution in [2.45, 2.75) is 79.4 Å². The maximum atomic E-state index is 12.4. The van der Waals surface area contributed by atoms with E-state index in [1.807, 2.05) is 0 Å². The van der Waals surface area contributed by atoms with Crippen molar-refractivity contribution in [2.75, 3.05) is 6.54 Å². The molecule has 0 radical (unpaired) electrons. The van der Waals surface area contributed by atoms with Crippen LogP contribution in [0.5, 0.6) is 0 Å². The van der Waals surface area contributed by atoms with Crippen LogP contribution in [-0.4, -0.2) is 29.6 Å². The number of carbonyl (C=O) groups excluding carboxylic acids is 1. The third-order valence-electron chi connectivity index (χ3n) is 4.73. The summed E-state index contributed by atoms with van der Waals surface area (Å²) in [5, 5.41) is 3.42. The lowest BCUT2D eigenvalue weighted by Crippen LogP contribution is -2.51. The molecule has 2 fully saturated rings. The third-order valence-corrected chi connectivity index (χ3v) is 4.73. The molecule has 0 aromatic heterocycles. The van der Waals surface area contributed by atoms with E-state index in [2.05, 4.69) is 51.8 Å². The molecule has 1 amide bonds. The fourth-order valence-electron chi connectivity index (χ4n) is 4.65. The molecular formula is C17H32N2O. The molecule has 1 saturated carbocycles. The molecule has 0 bridgehead atoms.